The fraction of sp³-hybridized carbons (Fsp3) is 0.593. The quantitative estimate of drug-likeness (QED) is 0.228. The van der Waals surface area contributed by atoms with Gasteiger partial charge in [-0.2, -0.15) is 0 Å². The monoisotopic (exact) mass is 472 g/mol. The lowest BCUT2D eigenvalue weighted by Crippen LogP contribution is -2.57. The molecular formula is C27H40N2O5. The van der Waals surface area contributed by atoms with Gasteiger partial charge in [0.2, 0.25) is 5.91 Å². The van der Waals surface area contributed by atoms with Crippen molar-refractivity contribution in [3.63, 3.8) is 0 Å². The van der Waals surface area contributed by atoms with Crippen molar-refractivity contribution >= 4 is 17.8 Å². The van der Waals surface area contributed by atoms with E-state index < -0.39 is 12.0 Å². The second-order valence-electron chi connectivity index (χ2n) is 8.97. The summed E-state index contributed by atoms with van der Waals surface area (Å²) in [4.78, 5) is 39.4. The molecule has 1 heterocycles. The minimum atomic E-state index is -0.869. The van der Waals surface area contributed by atoms with Gasteiger partial charge in [-0.15, -0.1) is 0 Å². The number of carbonyl (C=O) groups is 3. The van der Waals surface area contributed by atoms with E-state index in [1.54, 1.807) is 24.3 Å². The maximum atomic E-state index is 13.1. The average Bonchev–Trinajstić information content (AvgIpc) is 2.83. The van der Waals surface area contributed by atoms with E-state index in [9.17, 15) is 14.4 Å². The topological polar surface area (TPSA) is 84.9 Å². The van der Waals surface area contributed by atoms with E-state index in [0.717, 1.165) is 24.8 Å². The van der Waals surface area contributed by atoms with E-state index in [4.69, 9.17) is 9.47 Å². The minimum Gasteiger partial charge on any atom is -0.489 e. The number of rotatable bonds is 15. The molecule has 0 bridgehead atoms. The van der Waals surface area contributed by atoms with Gasteiger partial charge in [0, 0.05) is 18.7 Å². The molecule has 1 aromatic carbocycles. The molecule has 1 saturated heterocycles. The van der Waals surface area contributed by atoms with Crippen LogP contribution in [0.1, 0.15) is 82.0 Å². The Morgan fingerprint density at radius 1 is 1.06 bits per heavy atom. The third-order valence-corrected chi connectivity index (χ3v) is 5.80. The fourth-order valence-corrected chi connectivity index (χ4v) is 3.87. The van der Waals surface area contributed by atoms with Gasteiger partial charge in [0.15, 0.2) is 0 Å². The van der Waals surface area contributed by atoms with E-state index in [2.05, 4.69) is 18.8 Å². The summed E-state index contributed by atoms with van der Waals surface area (Å²) >= 11 is 0. The molecule has 188 valence electrons. The van der Waals surface area contributed by atoms with Crippen LogP contribution in [-0.2, 0) is 14.3 Å². The third kappa shape index (κ3) is 9.57. The van der Waals surface area contributed by atoms with Gasteiger partial charge in [-0.05, 0) is 43.2 Å². The van der Waals surface area contributed by atoms with Gasteiger partial charge < -0.3 is 19.7 Å². The van der Waals surface area contributed by atoms with Gasteiger partial charge in [0.05, 0.1) is 13.0 Å². The maximum Gasteiger partial charge on any atom is 0.308 e. The highest BCUT2D eigenvalue weighted by Crippen LogP contribution is 2.18. The molecule has 7 nitrogen and oxygen atoms in total. The number of ether oxygens (including phenoxy) is 2. The molecule has 7 heteroatoms. The van der Waals surface area contributed by atoms with Gasteiger partial charge in [-0.3, -0.25) is 14.4 Å². The Morgan fingerprint density at radius 2 is 1.71 bits per heavy atom. The van der Waals surface area contributed by atoms with Crippen molar-refractivity contribution < 1.29 is 23.9 Å². The van der Waals surface area contributed by atoms with Crippen molar-refractivity contribution in [1.82, 2.24) is 10.2 Å². The molecule has 0 aromatic heterocycles. The zero-order valence-electron chi connectivity index (χ0n) is 20.8. The van der Waals surface area contributed by atoms with Crippen LogP contribution in [0.2, 0.25) is 0 Å². The SMILES string of the molecule is C=C(C)COc1ccc(C(=O)N2CCNC(=O)C2CC(=O)OCCCCCCCCCC)cc1. The number of hydrogen-bond acceptors (Lipinski definition) is 5. The summed E-state index contributed by atoms with van der Waals surface area (Å²) in [5, 5.41) is 2.75. The van der Waals surface area contributed by atoms with Crippen LogP contribution in [-0.4, -0.2) is 55.0 Å². The van der Waals surface area contributed by atoms with Crippen LogP contribution in [0, 0.1) is 0 Å². The molecule has 2 amide bonds. The lowest BCUT2D eigenvalue weighted by atomic mass is 10.1. The van der Waals surface area contributed by atoms with Crippen LogP contribution < -0.4 is 10.1 Å². The van der Waals surface area contributed by atoms with Crippen LogP contribution in [0.3, 0.4) is 0 Å². The van der Waals surface area contributed by atoms with Gasteiger partial charge in [-0.1, -0.05) is 58.4 Å². The normalized spacial score (nSPS) is 15.5. The molecule has 0 saturated carbocycles. The van der Waals surface area contributed by atoms with Crippen molar-refractivity contribution in [3.05, 3.63) is 42.0 Å². The maximum absolute atomic E-state index is 13.1. The van der Waals surface area contributed by atoms with E-state index in [1.807, 2.05) is 6.92 Å². The van der Waals surface area contributed by atoms with Crippen LogP contribution in [0.5, 0.6) is 5.75 Å². The Labute approximate surface area is 203 Å². The summed E-state index contributed by atoms with van der Waals surface area (Å²) in [5.74, 6) is -0.435. The summed E-state index contributed by atoms with van der Waals surface area (Å²) < 4.78 is 10.9. The molecule has 1 fully saturated rings. The van der Waals surface area contributed by atoms with Crippen LogP contribution in [0.15, 0.2) is 36.4 Å². The fourth-order valence-electron chi connectivity index (χ4n) is 3.87. The van der Waals surface area contributed by atoms with E-state index in [0.29, 0.717) is 37.6 Å². The van der Waals surface area contributed by atoms with E-state index in [-0.39, 0.29) is 18.2 Å². The molecule has 1 unspecified atom stereocenters. The Morgan fingerprint density at radius 3 is 2.35 bits per heavy atom. The van der Waals surface area contributed by atoms with Gasteiger partial charge in [-0.25, -0.2) is 0 Å². The first-order valence-electron chi connectivity index (χ1n) is 12.5. The molecule has 2 rings (SSSR count). The van der Waals surface area contributed by atoms with Crippen molar-refractivity contribution in [2.24, 2.45) is 0 Å². The zero-order chi connectivity index (χ0) is 24.8. The number of benzene rings is 1. The van der Waals surface area contributed by atoms with Gasteiger partial charge in [0.1, 0.15) is 18.4 Å². The molecular weight excluding hydrogens is 432 g/mol. The Bertz CT molecular complexity index is 806. The number of nitrogens with one attached hydrogen (secondary N) is 1. The van der Waals surface area contributed by atoms with Gasteiger partial charge in [0.25, 0.3) is 5.91 Å². The zero-order valence-corrected chi connectivity index (χ0v) is 20.8. The molecule has 0 spiro atoms. The summed E-state index contributed by atoms with van der Waals surface area (Å²) in [6.07, 6.45) is 9.15. The number of carbonyl (C=O) groups excluding carboxylic acids is 3. The summed E-state index contributed by atoms with van der Waals surface area (Å²) in [5.41, 5.74) is 1.34. The first kappa shape index (κ1) is 27.4. The molecule has 0 radical (unpaired) electrons. The smallest absolute Gasteiger partial charge is 0.308 e. The number of piperazine rings is 1. The lowest BCUT2D eigenvalue weighted by Gasteiger charge is -2.34. The molecule has 0 aliphatic carbocycles. The van der Waals surface area contributed by atoms with Crippen molar-refractivity contribution in [1.29, 1.82) is 0 Å². The van der Waals surface area contributed by atoms with Crippen LogP contribution in [0.4, 0.5) is 0 Å². The average molecular weight is 473 g/mol. The second-order valence-corrected chi connectivity index (χ2v) is 8.97. The predicted octanol–water partition coefficient (Wildman–Crippen LogP) is 4.66. The van der Waals surface area contributed by atoms with E-state index in [1.165, 1.54) is 37.0 Å². The largest absolute Gasteiger partial charge is 0.489 e. The standard InChI is InChI=1S/C27H40N2O5/c1-4-5-6-7-8-9-10-11-18-33-25(30)19-24-26(31)28-16-17-29(24)27(32)22-12-14-23(15-13-22)34-20-21(2)3/h12-15,24H,2,4-11,16-20H2,1,3H3,(H,28,31). The second kappa shape index (κ2) is 15.1. The Balaban J connectivity index is 1.81. The highest BCUT2D eigenvalue weighted by molar-refractivity contribution is 5.99. The highest BCUT2D eigenvalue weighted by Gasteiger charge is 2.35. The molecule has 34 heavy (non-hydrogen) atoms. The molecule has 1 aliphatic heterocycles. The first-order valence-corrected chi connectivity index (χ1v) is 12.5. The summed E-state index contributed by atoms with van der Waals surface area (Å²) in [7, 11) is 0. The number of amides is 2. The first-order chi connectivity index (χ1) is 16.4. The highest BCUT2D eigenvalue weighted by atomic mass is 16.5. The molecule has 1 atom stereocenters. The number of esters is 1. The van der Waals surface area contributed by atoms with Crippen molar-refractivity contribution in [2.45, 2.75) is 77.7 Å². The van der Waals surface area contributed by atoms with Crippen molar-refractivity contribution in [2.75, 3.05) is 26.3 Å². The Hall–Kier alpha value is -2.83. The van der Waals surface area contributed by atoms with Crippen LogP contribution in [0.25, 0.3) is 0 Å². The predicted molar refractivity (Wildman–Crippen MR) is 133 cm³/mol. The lowest BCUT2D eigenvalue weighted by molar-refractivity contribution is -0.147. The summed E-state index contributed by atoms with van der Waals surface area (Å²) in [6.45, 7) is 9.33. The third-order valence-electron chi connectivity index (χ3n) is 5.80. The number of nitrogens with zero attached hydrogens (tertiary/aromatic N) is 1. The number of hydrogen-bond donors (Lipinski definition) is 1. The summed E-state index contributed by atoms with van der Waals surface area (Å²) in [6, 6.07) is 5.90. The van der Waals surface area contributed by atoms with Gasteiger partial charge >= 0.3 is 5.97 Å². The van der Waals surface area contributed by atoms with E-state index >= 15 is 0 Å². The number of unbranched alkanes of at least 4 members (excludes halogenated alkanes) is 7. The molecule has 1 aromatic rings. The molecule has 1 aliphatic rings. The minimum absolute atomic E-state index is 0.144. The Kier molecular flexibility index (Phi) is 12.2. The van der Waals surface area contributed by atoms with Crippen LogP contribution >= 0.6 is 0 Å². The van der Waals surface area contributed by atoms with Crippen molar-refractivity contribution in [3.8, 4) is 5.75 Å². The molecule has 1 N–H and O–H groups in total.